The first kappa shape index (κ1) is 14.0. The summed E-state index contributed by atoms with van der Waals surface area (Å²) in [6, 6.07) is 2.08. The molecule has 0 spiro atoms. The molecule has 112 valence electrons. The monoisotopic (exact) mass is 278 g/mol. The minimum Gasteiger partial charge on any atom is -0.360 e. The van der Waals surface area contributed by atoms with Crippen LogP contribution in [-0.2, 0) is 13.1 Å². The lowest BCUT2D eigenvalue weighted by atomic mass is 10.2. The molecule has 20 heavy (non-hydrogen) atoms. The van der Waals surface area contributed by atoms with Gasteiger partial charge in [-0.05, 0) is 25.3 Å². The average molecular weight is 278 g/mol. The zero-order valence-corrected chi connectivity index (χ0v) is 12.5. The Morgan fingerprint density at radius 1 is 1.25 bits per heavy atom. The smallest absolute Gasteiger partial charge is 0.151 e. The topological polar surface area (TPSA) is 44.5 Å². The molecule has 5 heteroatoms. The van der Waals surface area contributed by atoms with Crippen molar-refractivity contribution in [3.63, 3.8) is 0 Å². The molecule has 0 bridgehead atoms. The Labute approximate surface area is 121 Å². The highest BCUT2D eigenvalue weighted by molar-refractivity contribution is 5.05. The first-order valence-electron chi connectivity index (χ1n) is 7.93. The fourth-order valence-electron chi connectivity index (χ4n) is 2.78. The first-order chi connectivity index (χ1) is 9.83. The van der Waals surface area contributed by atoms with Gasteiger partial charge in [-0.2, -0.15) is 0 Å². The summed E-state index contributed by atoms with van der Waals surface area (Å²) in [7, 11) is 0. The molecule has 1 N–H and O–H groups in total. The van der Waals surface area contributed by atoms with Crippen molar-refractivity contribution in [2.75, 3.05) is 39.3 Å². The molecule has 1 aliphatic carbocycles. The minimum atomic E-state index is 0.801. The van der Waals surface area contributed by atoms with Crippen LogP contribution in [0.5, 0.6) is 0 Å². The molecule has 2 fully saturated rings. The fraction of sp³-hybridized carbons (Fsp3) is 0.800. The number of piperazine rings is 1. The molecule has 1 aromatic rings. The predicted octanol–water partition coefficient (Wildman–Crippen LogP) is 1.31. The molecule has 0 aromatic carbocycles. The number of aromatic nitrogens is 1. The highest BCUT2D eigenvalue weighted by Crippen LogP contribution is 2.29. The van der Waals surface area contributed by atoms with Crippen molar-refractivity contribution in [3.05, 3.63) is 17.5 Å². The van der Waals surface area contributed by atoms with Crippen LogP contribution in [-0.4, -0.2) is 54.2 Å². The number of hydrogen-bond donors (Lipinski definition) is 1. The van der Waals surface area contributed by atoms with Crippen LogP contribution < -0.4 is 5.32 Å². The van der Waals surface area contributed by atoms with Gasteiger partial charge in [0, 0.05) is 45.3 Å². The third-order valence-electron chi connectivity index (χ3n) is 4.22. The predicted molar refractivity (Wildman–Crippen MR) is 78.3 cm³/mol. The van der Waals surface area contributed by atoms with E-state index in [4.69, 9.17) is 4.52 Å². The molecular weight excluding hydrogens is 252 g/mol. The van der Waals surface area contributed by atoms with Crippen molar-refractivity contribution in [2.45, 2.75) is 32.9 Å². The molecule has 2 heterocycles. The Morgan fingerprint density at radius 3 is 2.70 bits per heavy atom. The summed E-state index contributed by atoms with van der Waals surface area (Å²) in [6.07, 6.45) is 2.90. The largest absolute Gasteiger partial charge is 0.360 e. The van der Waals surface area contributed by atoms with Gasteiger partial charge in [0.25, 0.3) is 0 Å². The van der Waals surface area contributed by atoms with Crippen LogP contribution in [0.25, 0.3) is 0 Å². The number of nitrogens with one attached hydrogen (secondary N) is 1. The highest BCUT2D eigenvalue weighted by atomic mass is 16.5. The Kier molecular flexibility index (Phi) is 4.70. The van der Waals surface area contributed by atoms with Crippen LogP contribution in [0.2, 0.25) is 0 Å². The van der Waals surface area contributed by atoms with Crippen LogP contribution in [0, 0.1) is 5.92 Å². The molecule has 2 aliphatic rings. The van der Waals surface area contributed by atoms with Crippen molar-refractivity contribution < 1.29 is 4.52 Å². The molecule has 0 amide bonds. The maximum atomic E-state index is 5.42. The van der Waals surface area contributed by atoms with Gasteiger partial charge >= 0.3 is 0 Å². The average Bonchev–Trinajstić information content (AvgIpc) is 3.17. The number of nitrogens with zero attached hydrogens (tertiary/aromatic N) is 3. The van der Waals surface area contributed by atoms with Gasteiger partial charge in [0.15, 0.2) is 5.76 Å². The number of rotatable bonds is 7. The van der Waals surface area contributed by atoms with Crippen molar-refractivity contribution in [3.8, 4) is 0 Å². The van der Waals surface area contributed by atoms with E-state index in [-0.39, 0.29) is 0 Å². The lowest BCUT2D eigenvalue weighted by Gasteiger charge is -2.34. The van der Waals surface area contributed by atoms with Crippen molar-refractivity contribution in [1.29, 1.82) is 0 Å². The Hall–Kier alpha value is -0.910. The van der Waals surface area contributed by atoms with Gasteiger partial charge in [-0.3, -0.25) is 4.90 Å². The summed E-state index contributed by atoms with van der Waals surface area (Å²) in [5, 5.41) is 7.38. The molecule has 0 unspecified atom stereocenters. The quantitative estimate of drug-likeness (QED) is 0.815. The van der Waals surface area contributed by atoms with Crippen LogP contribution in [0.3, 0.4) is 0 Å². The molecule has 0 radical (unpaired) electrons. The maximum Gasteiger partial charge on any atom is 0.151 e. The molecule has 5 nitrogen and oxygen atoms in total. The lowest BCUT2D eigenvalue weighted by molar-refractivity contribution is 0.115. The fourth-order valence-corrected chi connectivity index (χ4v) is 2.78. The summed E-state index contributed by atoms with van der Waals surface area (Å²) < 4.78 is 5.42. The molecule has 1 aromatic heterocycles. The van der Waals surface area contributed by atoms with Crippen molar-refractivity contribution in [1.82, 2.24) is 20.3 Å². The Balaban J connectivity index is 1.40. The van der Waals surface area contributed by atoms with Gasteiger partial charge in [-0.25, -0.2) is 0 Å². The summed E-state index contributed by atoms with van der Waals surface area (Å²) in [5.41, 5.74) is 1.01. The van der Waals surface area contributed by atoms with Gasteiger partial charge in [0.05, 0.1) is 12.2 Å². The zero-order chi connectivity index (χ0) is 13.8. The van der Waals surface area contributed by atoms with Gasteiger partial charge in [0.1, 0.15) is 0 Å². The molecule has 1 saturated carbocycles. The summed E-state index contributed by atoms with van der Waals surface area (Å²) in [4.78, 5) is 5.09. The van der Waals surface area contributed by atoms with E-state index in [2.05, 4.69) is 33.3 Å². The summed E-state index contributed by atoms with van der Waals surface area (Å²) in [6.45, 7) is 10.8. The van der Waals surface area contributed by atoms with Gasteiger partial charge < -0.3 is 14.7 Å². The Morgan fingerprint density at radius 2 is 2.00 bits per heavy atom. The van der Waals surface area contributed by atoms with E-state index in [1.807, 2.05) is 0 Å². The number of hydrogen-bond acceptors (Lipinski definition) is 5. The minimum absolute atomic E-state index is 0.801. The van der Waals surface area contributed by atoms with E-state index in [9.17, 15) is 0 Å². The first-order valence-corrected chi connectivity index (χ1v) is 7.93. The van der Waals surface area contributed by atoms with Gasteiger partial charge in [-0.15, -0.1) is 0 Å². The maximum absolute atomic E-state index is 5.42. The van der Waals surface area contributed by atoms with Crippen molar-refractivity contribution >= 4 is 0 Å². The molecule has 0 atom stereocenters. The summed E-state index contributed by atoms with van der Waals surface area (Å²) >= 11 is 0. The molecule has 1 saturated heterocycles. The van der Waals surface area contributed by atoms with Gasteiger partial charge in [-0.1, -0.05) is 12.1 Å². The highest BCUT2D eigenvalue weighted by Gasteiger charge is 2.26. The van der Waals surface area contributed by atoms with Crippen LogP contribution in [0.4, 0.5) is 0 Å². The third-order valence-corrected chi connectivity index (χ3v) is 4.22. The lowest BCUT2D eigenvalue weighted by Crippen LogP contribution is -2.46. The third kappa shape index (κ3) is 4.04. The van der Waals surface area contributed by atoms with Crippen molar-refractivity contribution in [2.24, 2.45) is 5.92 Å². The SMILES string of the molecule is CCNCc1cc(CN2CCN(CC3CC3)CC2)on1. The van der Waals surface area contributed by atoms with E-state index in [1.54, 1.807) is 0 Å². The van der Waals surface area contributed by atoms with E-state index in [0.29, 0.717) is 0 Å². The second-order valence-electron chi connectivity index (χ2n) is 6.09. The van der Waals surface area contributed by atoms with E-state index < -0.39 is 0 Å². The normalized spacial score (nSPS) is 21.4. The van der Waals surface area contributed by atoms with Crippen LogP contribution in [0.1, 0.15) is 31.2 Å². The summed E-state index contributed by atoms with van der Waals surface area (Å²) in [5.74, 6) is 2.00. The van der Waals surface area contributed by atoms with Crippen LogP contribution in [0.15, 0.2) is 10.6 Å². The van der Waals surface area contributed by atoms with E-state index >= 15 is 0 Å². The standard InChI is InChI=1S/C15H26N4O/c1-2-16-10-14-9-15(20-17-14)12-19-7-5-18(6-8-19)11-13-3-4-13/h9,13,16H,2-8,10-12H2,1H3. The molecule has 1 aliphatic heterocycles. The molecular formula is C15H26N4O. The van der Waals surface area contributed by atoms with Crippen LogP contribution >= 0.6 is 0 Å². The second kappa shape index (κ2) is 6.70. The van der Waals surface area contributed by atoms with E-state index in [1.165, 1.54) is 32.5 Å². The van der Waals surface area contributed by atoms with Gasteiger partial charge in [0.2, 0.25) is 0 Å². The Bertz CT molecular complexity index is 408. The van der Waals surface area contributed by atoms with E-state index in [0.717, 1.165) is 50.1 Å². The second-order valence-corrected chi connectivity index (χ2v) is 6.09. The molecule has 3 rings (SSSR count). The zero-order valence-electron chi connectivity index (χ0n) is 12.5.